The van der Waals surface area contributed by atoms with Crippen LogP contribution in [0.5, 0.6) is 0 Å². The molecule has 5 N–H and O–H groups in total. The highest BCUT2D eigenvalue weighted by atomic mass is 127. The van der Waals surface area contributed by atoms with Gasteiger partial charge in [-0.25, -0.2) is 0 Å². The first kappa shape index (κ1) is 17.5. The van der Waals surface area contributed by atoms with E-state index in [0.717, 1.165) is 4.43 Å². The number of hydrogen-bond donors (Lipinski definition) is 5. The summed E-state index contributed by atoms with van der Waals surface area (Å²) in [6.07, 6.45) is -6.05. The third-order valence-electron chi connectivity index (χ3n) is 2.96. The number of ether oxygens (including phenoxy) is 2. The molecule has 114 valence electrons. The number of alkyl halides is 1. The van der Waals surface area contributed by atoms with Crippen molar-refractivity contribution in [3.8, 4) is 0 Å². The van der Waals surface area contributed by atoms with E-state index in [1.165, 1.54) is 0 Å². The molecular formula is C11H22INO6. The van der Waals surface area contributed by atoms with Crippen molar-refractivity contribution in [2.75, 3.05) is 24.2 Å². The molecule has 0 amide bonds. The number of hydrogen-bond acceptors (Lipinski definition) is 7. The van der Waals surface area contributed by atoms with E-state index in [4.69, 9.17) is 14.6 Å². The lowest BCUT2D eigenvalue weighted by Gasteiger charge is -2.39. The first-order valence-electron chi connectivity index (χ1n) is 6.22. The lowest BCUT2D eigenvalue weighted by atomic mass is 9.99. The molecule has 1 fully saturated rings. The summed E-state index contributed by atoms with van der Waals surface area (Å²) < 4.78 is 11.5. The fraction of sp³-hybridized carbons (Fsp3) is 1.00. The lowest BCUT2D eigenvalue weighted by molar-refractivity contribution is -0.300. The minimum Gasteiger partial charge on any atom is -0.394 e. The molecule has 0 radical (unpaired) electrons. The van der Waals surface area contributed by atoms with Gasteiger partial charge in [0.05, 0.1) is 13.2 Å². The van der Waals surface area contributed by atoms with Gasteiger partial charge in [-0.1, -0.05) is 22.6 Å². The highest BCUT2D eigenvalue weighted by Gasteiger charge is 2.43. The van der Waals surface area contributed by atoms with Crippen LogP contribution >= 0.6 is 22.6 Å². The molecule has 0 saturated carbocycles. The molecule has 0 aromatic heterocycles. The molecule has 0 spiro atoms. The van der Waals surface area contributed by atoms with E-state index in [1.807, 2.05) is 6.92 Å². The van der Waals surface area contributed by atoms with Crippen LogP contribution in [0, 0.1) is 0 Å². The lowest BCUT2D eigenvalue weighted by Crippen LogP contribution is -2.59. The molecule has 19 heavy (non-hydrogen) atoms. The molecule has 0 aromatic rings. The summed E-state index contributed by atoms with van der Waals surface area (Å²) in [6, 6.07) is 0.360. The minimum absolute atomic E-state index is 0.295. The average Bonchev–Trinajstić information content (AvgIpc) is 2.42. The van der Waals surface area contributed by atoms with Gasteiger partial charge in [0.15, 0.2) is 6.29 Å². The summed E-state index contributed by atoms with van der Waals surface area (Å²) in [5, 5.41) is 41.1. The summed E-state index contributed by atoms with van der Waals surface area (Å²) in [6.45, 7) is 2.47. The van der Waals surface area contributed by atoms with E-state index >= 15 is 0 Å². The van der Waals surface area contributed by atoms with Crippen LogP contribution in [0.15, 0.2) is 0 Å². The van der Waals surface area contributed by atoms with Gasteiger partial charge in [-0.05, 0) is 6.92 Å². The Kier molecular flexibility index (Phi) is 7.99. The molecule has 0 bridgehead atoms. The Morgan fingerprint density at radius 2 is 1.95 bits per heavy atom. The second-order valence-electron chi connectivity index (χ2n) is 4.58. The molecule has 6 atom stereocenters. The van der Waals surface area contributed by atoms with E-state index in [-0.39, 0.29) is 0 Å². The predicted octanol–water partition coefficient (Wildman–Crippen LogP) is -1.78. The standard InChI is InChI=1S/C11H22INO6/c1-6(4-12)13-2-3-18-11-10(17)9(16)8(15)7(5-14)19-11/h6-11,13-17H,2-5H2,1H3. The Bertz CT molecular complexity index is 257. The Morgan fingerprint density at radius 3 is 2.53 bits per heavy atom. The molecule has 0 aromatic carbocycles. The van der Waals surface area contributed by atoms with Crippen molar-refractivity contribution >= 4 is 22.6 Å². The molecule has 6 unspecified atom stereocenters. The van der Waals surface area contributed by atoms with Crippen LogP contribution < -0.4 is 5.32 Å². The number of aliphatic hydroxyl groups excluding tert-OH is 4. The van der Waals surface area contributed by atoms with E-state index in [0.29, 0.717) is 19.2 Å². The van der Waals surface area contributed by atoms with Gasteiger partial charge < -0.3 is 35.2 Å². The summed E-state index contributed by atoms with van der Waals surface area (Å²) in [4.78, 5) is 0. The summed E-state index contributed by atoms with van der Waals surface area (Å²) >= 11 is 2.27. The third-order valence-corrected chi connectivity index (χ3v) is 4.28. The van der Waals surface area contributed by atoms with Crippen LogP contribution in [0.2, 0.25) is 0 Å². The maximum atomic E-state index is 9.71. The molecule has 8 heteroatoms. The zero-order valence-electron chi connectivity index (χ0n) is 10.8. The number of rotatable bonds is 7. The Labute approximate surface area is 126 Å². The van der Waals surface area contributed by atoms with Crippen LogP contribution in [-0.2, 0) is 9.47 Å². The van der Waals surface area contributed by atoms with Gasteiger partial charge >= 0.3 is 0 Å². The van der Waals surface area contributed by atoms with E-state index in [1.54, 1.807) is 0 Å². The van der Waals surface area contributed by atoms with Crippen LogP contribution in [0.4, 0.5) is 0 Å². The van der Waals surface area contributed by atoms with Gasteiger partial charge in [0.1, 0.15) is 24.4 Å². The molecule has 1 aliphatic heterocycles. The summed E-state index contributed by atoms with van der Waals surface area (Å²) in [5.41, 5.74) is 0. The largest absolute Gasteiger partial charge is 0.394 e. The summed E-state index contributed by atoms with van der Waals surface area (Å²) in [7, 11) is 0. The maximum absolute atomic E-state index is 9.71. The van der Waals surface area contributed by atoms with Crippen molar-refractivity contribution in [1.29, 1.82) is 0 Å². The zero-order chi connectivity index (χ0) is 14.4. The fourth-order valence-electron chi connectivity index (χ4n) is 1.74. The van der Waals surface area contributed by atoms with Gasteiger partial charge in [-0.15, -0.1) is 0 Å². The van der Waals surface area contributed by atoms with Crippen LogP contribution in [-0.4, -0.2) is 81.4 Å². The normalized spacial score (nSPS) is 37.3. The fourth-order valence-corrected chi connectivity index (χ4v) is 2.05. The van der Waals surface area contributed by atoms with E-state index < -0.39 is 37.3 Å². The smallest absolute Gasteiger partial charge is 0.186 e. The molecule has 1 aliphatic rings. The van der Waals surface area contributed by atoms with Crippen molar-refractivity contribution in [3.63, 3.8) is 0 Å². The van der Waals surface area contributed by atoms with Crippen LogP contribution in [0.25, 0.3) is 0 Å². The monoisotopic (exact) mass is 391 g/mol. The zero-order valence-corrected chi connectivity index (χ0v) is 12.9. The first-order valence-corrected chi connectivity index (χ1v) is 7.75. The Morgan fingerprint density at radius 1 is 1.26 bits per heavy atom. The average molecular weight is 391 g/mol. The van der Waals surface area contributed by atoms with Crippen molar-refractivity contribution in [2.24, 2.45) is 0 Å². The minimum atomic E-state index is -1.39. The quantitative estimate of drug-likeness (QED) is 0.198. The van der Waals surface area contributed by atoms with E-state index in [9.17, 15) is 15.3 Å². The van der Waals surface area contributed by atoms with Gasteiger partial charge in [-0.2, -0.15) is 0 Å². The molecule has 1 saturated heterocycles. The molecule has 1 heterocycles. The SMILES string of the molecule is CC(CI)NCCOC1OC(CO)C(O)C(O)C1O. The Hall–Kier alpha value is 0.450. The molecule has 0 aliphatic carbocycles. The highest BCUT2D eigenvalue weighted by Crippen LogP contribution is 2.21. The van der Waals surface area contributed by atoms with Crippen LogP contribution in [0.1, 0.15) is 6.92 Å². The van der Waals surface area contributed by atoms with Crippen molar-refractivity contribution in [1.82, 2.24) is 5.32 Å². The summed E-state index contributed by atoms with van der Waals surface area (Å²) in [5.74, 6) is 0. The Balaban J connectivity index is 2.35. The van der Waals surface area contributed by atoms with Crippen molar-refractivity contribution in [2.45, 2.75) is 43.7 Å². The van der Waals surface area contributed by atoms with Gasteiger partial charge in [-0.3, -0.25) is 0 Å². The first-order chi connectivity index (χ1) is 9.01. The molecule has 1 rings (SSSR count). The highest BCUT2D eigenvalue weighted by molar-refractivity contribution is 14.1. The van der Waals surface area contributed by atoms with Gasteiger partial charge in [0.2, 0.25) is 0 Å². The number of nitrogens with one attached hydrogen (secondary N) is 1. The van der Waals surface area contributed by atoms with Gasteiger partial charge in [0.25, 0.3) is 0 Å². The maximum Gasteiger partial charge on any atom is 0.186 e. The van der Waals surface area contributed by atoms with Crippen molar-refractivity contribution < 1.29 is 29.9 Å². The number of aliphatic hydroxyl groups is 4. The second kappa shape index (κ2) is 8.67. The van der Waals surface area contributed by atoms with Crippen molar-refractivity contribution in [3.05, 3.63) is 0 Å². The third kappa shape index (κ3) is 5.05. The number of halogens is 1. The second-order valence-corrected chi connectivity index (χ2v) is 5.46. The predicted molar refractivity (Wildman–Crippen MR) is 76.1 cm³/mol. The topological polar surface area (TPSA) is 111 Å². The molecular weight excluding hydrogens is 369 g/mol. The molecule has 7 nitrogen and oxygen atoms in total. The van der Waals surface area contributed by atoms with Gasteiger partial charge in [0, 0.05) is 17.0 Å². The van der Waals surface area contributed by atoms with Crippen LogP contribution in [0.3, 0.4) is 0 Å². The van der Waals surface area contributed by atoms with E-state index in [2.05, 4.69) is 27.9 Å².